The lowest BCUT2D eigenvalue weighted by atomic mass is 10.2. The number of carbonyl (C=O) groups is 1. The van der Waals surface area contributed by atoms with Gasteiger partial charge in [0.25, 0.3) is 11.2 Å². The molecule has 0 saturated carbocycles. The molecule has 2 aromatic rings. The summed E-state index contributed by atoms with van der Waals surface area (Å²) in [5.41, 5.74) is -0.725. The average molecular weight is 361 g/mol. The van der Waals surface area contributed by atoms with Crippen LogP contribution in [0.5, 0.6) is 0 Å². The number of pyridine rings is 1. The van der Waals surface area contributed by atoms with Crippen LogP contribution in [0.2, 0.25) is 5.02 Å². The Bertz CT molecular complexity index is 915. The first kappa shape index (κ1) is 18.2. The standard InChI is InChI=1S/C16H13ClN4O4/c1-19(8-11-2-4-13(17)5-3-11)15(22)10-20-9-14(21(24)25)6-12(7-18)16(20)23/h2-6,9H,8,10H2,1H3. The number of hydrogen-bond donors (Lipinski definition) is 0. The van der Waals surface area contributed by atoms with Crippen LogP contribution in [0.25, 0.3) is 0 Å². The largest absolute Gasteiger partial charge is 0.340 e. The Kier molecular flexibility index (Phi) is 5.52. The summed E-state index contributed by atoms with van der Waals surface area (Å²) in [5.74, 6) is -0.429. The van der Waals surface area contributed by atoms with E-state index >= 15 is 0 Å². The minimum atomic E-state index is -0.749. The number of nitro groups is 1. The van der Waals surface area contributed by atoms with Crippen molar-refractivity contribution in [2.75, 3.05) is 7.05 Å². The van der Waals surface area contributed by atoms with E-state index in [2.05, 4.69) is 0 Å². The SMILES string of the molecule is CN(Cc1ccc(Cl)cc1)C(=O)Cn1cc([N+](=O)[O-])cc(C#N)c1=O. The summed E-state index contributed by atoms with van der Waals surface area (Å²) in [4.78, 5) is 35.9. The molecular formula is C16H13ClN4O4. The third-order valence-electron chi connectivity index (χ3n) is 3.47. The summed E-state index contributed by atoms with van der Waals surface area (Å²) in [6, 6.07) is 9.41. The normalized spacial score (nSPS) is 10.1. The first-order valence-corrected chi connectivity index (χ1v) is 7.47. The Labute approximate surface area is 147 Å². The van der Waals surface area contributed by atoms with Crippen LogP contribution in [0.15, 0.2) is 41.3 Å². The van der Waals surface area contributed by atoms with Crippen molar-refractivity contribution in [1.82, 2.24) is 9.47 Å². The summed E-state index contributed by atoms with van der Waals surface area (Å²) >= 11 is 5.80. The molecule has 1 amide bonds. The molecule has 1 aromatic carbocycles. The van der Waals surface area contributed by atoms with E-state index in [0.717, 1.165) is 22.4 Å². The minimum Gasteiger partial charge on any atom is -0.340 e. The van der Waals surface area contributed by atoms with Gasteiger partial charge >= 0.3 is 0 Å². The van der Waals surface area contributed by atoms with Crippen molar-refractivity contribution >= 4 is 23.2 Å². The molecule has 8 nitrogen and oxygen atoms in total. The molecule has 1 heterocycles. The van der Waals surface area contributed by atoms with Crippen LogP contribution in [0.1, 0.15) is 11.1 Å². The summed E-state index contributed by atoms with van der Waals surface area (Å²) in [6.07, 6.45) is 0.956. The first-order chi connectivity index (χ1) is 11.8. The lowest BCUT2D eigenvalue weighted by Crippen LogP contribution is -2.34. The van der Waals surface area contributed by atoms with Crippen LogP contribution in [-0.4, -0.2) is 27.3 Å². The number of aromatic nitrogens is 1. The third kappa shape index (κ3) is 4.43. The highest BCUT2D eigenvalue weighted by Gasteiger charge is 2.17. The van der Waals surface area contributed by atoms with Crippen LogP contribution in [0, 0.1) is 21.4 Å². The minimum absolute atomic E-state index is 0.283. The van der Waals surface area contributed by atoms with Gasteiger partial charge in [0.2, 0.25) is 5.91 Å². The number of carbonyl (C=O) groups excluding carboxylic acids is 1. The smallest absolute Gasteiger partial charge is 0.287 e. The lowest BCUT2D eigenvalue weighted by molar-refractivity contribution is -0.385. The number of benzene rings is 1. The Morgan fingerprint density at radius 2 is 2.04 bits per heavy atom. The molecule has 0 aliphatic heterocycles. The molecule has 0 radical (unpaired) electrons. The molecule has 0 spiro atoms. The summed E-state index contributed by atoms with van der Waals surface area (Å²) in [7, 11) is 1.55. The van der Waals surface area contributed by atoms with Crippen molar-refractivity contribution < 1.29 is 9.72 Å². The number of halogens is 1. The fourth-order valence-electron chi connectivity index (χ4n) is 2.14. The van der Waals surface area contributed by atoms with Crippen molar-refractivity contribution in [2.24, 2.45) is 0 Å². The number of rotatable bonds is 5. The molecule has 0 N–H and O–H groups in total. The zero-order valence-electron chi connectivity index (χ0n) is 13.2. The molecule has 0 aliphatic carbocycles. The summed E-state index contributed by atoms with van der Waals surface area (Å²) < 4.78 is 0.872. The lowest BCUT2D eigenvalue weighted by Gasteiger charge is -2.18. The van der Waals surface area contributed by atoms with E-state index in [1.165, 1.54) is 4.90 Å². The van der Waals surface area contributed by atoms with Gasteiger partial charge in [0.1, 0.15) is 18.2 Å². The van der Waals surface area contributed by atoms with Gasteiger partial charge in [-0.1, -0.05) is 23.7 Å². The van der Waals surface area contributed by atoms with Gasteiger partial charge in [-0.2, -0.15) is 5.26 Å². The molecule has 128 valence electrons. The van der Waals surface area contributed by atoms with E-state index in [0.29, 0.717) is 5.02 Å². The van der Waals surface area contributed by atoms with Gasteiger partial charge in [-0.05, 0) is 17.7 Å². The van der Waals surface area contributed by atoms with Gasteiger partial charge in [0.05, 0.1) is 11.1 Å². The number of hydrogen-bond acceptors (Lipinski definition) is 5. The molecule has 0 atom stereocenters. The second kappa shape index (κ2) is 7.59. The first-order valence-electron chi connectivity index (χ1n) is 7.09. The van der Waals surface area contributed by atoms with Gasteiger partial charge < -0.3 is 4.90 Å². The van der Waals surface area contributed by atoms with E-state index in [1.54, 1.807) is 37.4 Å². The maximum atomic E-state index is 12.3. The van der Waals surface area contributed by atoms with E-state index in [4.69, 9.17) is 16.9 Å². The molecule has 9 heteroatoms. The number of nitrogens with zero attached hydrogens (tertiary/aromatic N) is 4. The van der Waals surface area contributed by atoms with Crippen LogP contribution in [0.4, 0.5) is 5.69 Å². The Hall–Kier alpha value is -3.18. The van der Waals surface area contributed by atoms with Gasteiger partial charge in [-0.3, -0.25) is 24.3 Å². The van der Waals surface area contributed by atoms with Gasteiger partial charge in [-0.15, -0.1) is 0 Å². The third-order valence-corrected chi connectivity index (χ3v) is 3.72. The quantitative estimate of drug-likeness (QED) is 0.597. The van der Waals surface area contributed by atoms with Crippen LogP contribution >= 0.6 is 11.6 Å². The van der Waals surface area contributed by atoms with Gasteiger partial charge in [0.15, 0.2) is 0 Å². The molecule has 1 aromatic heterocycles. The van der Waals surface area contributed by atoms with Crippen molar-refractivity contribution in [3.05, 3.63) is 73.1 Å². The summed E-state index contributed by atoms with van der Waals surface area (Å²) in [5, 5.41) is 20.4. The fraction of sp³-hybridized carbons (Fsp3) is 0.188. The maximum Gasteiger partial charge on any atom is 0.287 e. The highest BCUT2D eigenvalue weighted by molar-refractivity contribution is 6.30. The van der Waals surface area contributed by atoms with Crippen LogP contribution in [0.3, 0.4) is 0 Å². The van der Waals surface area contributed by atoms with E-state index in [-0.39, 0.29) is 12.1 Å². The number of amides is 1. The Morgan fingerprint density at radius 3 is 2.60 bits per heavy atom. The van der Waals surface area contributed by atoms with E-state index in [9.17, 15) is 19.7 Å². The van der Waals surface area contributed by atoms with Crippen molar-refractivity contribution in [3.8, 4) is 6.07 Å². The molecule has 0 unspecified atom stereocenters. The fourth-order valence-corrected chi connectivity index (χ4v) is 2.26. The van der Waals surface area contributed by atoms with Crippen LogP contribution in [-0.2, 0) is 17.9 Å². The maximum absolute atomic E-state index is 12.3. The van der Waals surface area contributed by atoms with Crippen molar-refractivity contribution in [3.63, 3.8) is 0 Å². The molecular weight excluding hydrogens is 348 g/mol. The number of likely N-dealkylation sites (N-methyl/N-ethyl adjacent to an activating group) is 1. The Morgan fingerprint density at radius 1 is 1.40 bits per heavy atom. The van der Waals surface area contributed by atoms with Crippen LogP contribution < -0.4 is 5.56 Å². The molecule has 2 rings (SSSR count). The van der Waals surface area contributed by atoms with E-state index < -0.39 is 28.6 Å². The molecule has 0 saturated heterocycles. The predicted octanol–water partition coefficient (Wildman–Crippen LogP) is 1.94. The van der Waals surface area contributed by atoms with Crippen molar-refractivity contribution in [1.29, 1.82) is 5.26 Å². The second-order valence-corrected chi connectivity index (χ2v) is 5.73. The number of nitriles is 1. The van der Waals surface area contributed by atoms with Gasteiger partial charge in [0, 0.05) is 24.7 Å². The highest BCUT2D eigenvalue weighted by atomic mass is 35.5. The highest BCUT2D eigenvalue weighted by Crippen LogP contribution is 2.12. The summed E-state index contributed by atoms with van der Waals surface area (Å²) in [6.45, 7) is -0.121. The molecule has 0 fully saturated rings. The molecule has 25 heavy (non-hydrogen) atoms. The predicted molar refractivity (Wildman–Crippen MR) is 90.0 cm³/mol. The zero-order chi connectivity index (χ0) is 18.6. The Balaban J connectivity index is 2.20. The topological polar surface area (TPSA) is 109 Å². The average Bonchev–Trinajstić information content (AvgIpc) is 2.58. The second-order valence-electron chi connectivity index (χ2n) is 5.29. The van der Waals surface area contributed by atoms with E-state index in [1.807, 2.05) is 0 Å². The molecule has 0 aliphatic rings. The zero-order valence-corrected chi connectivity index (χ0v) is 13.9. The van der Waals surface area contributed by atoms with Gasteiger partial charge in [-0.25, -0.2) is 0 Å². The van der Waals surface area contributed by atoms with Crippen molar-refractivity contribution in [2.45, 2.75) is 13.1 Å². The molecule has 0 bridgehead atoms. The monoisotopic (exact) mass is 360 g/mol.